The number of nitriles is 1. The molecule has 3 heteroatoms. The molecule has 0 aromatic carbocycles. The molecule has 1 aliphatic carbocycles. The van der Waals surface area contributed by atoms with Gasteiger partial charge in [0, 0.05) is 12.8 Å². The molecule has 0 aromatic rings. The summed E-state index contributed by atoms with van der Waals surface area (Å²) in [5.41, 5.74) is -0.747. The van der Waals surface area contributed by atoms with Gasteiger partial charge in [-0.2, -0.15) is 5.26 Å². The Morgan fingerprint density at radius 3 is 1.91 bits per heavy atom. The van der Waals surface area contributed by atoms with E-state index in [1.54, 1.807) is 0 Å². The first-order chi connectivity index (χ1) is 4.92. The molecule has 1 aliphatic rings. The molecule has 1 nitrogen and oxygen atoms in total. The molecule has 0 heterocycles. The van der Waals surface area contributed by atoms with Crippen LogP contribution >= 0.6 is 0 Å². The normalized spacial score (nSPS) is 25.8. The molecular weight excluding hydrogens is 148 g/mol. The average Bonchev–Trinajstić information content (AvgIpc) is 1.81. The lowest BCUT2D eigenvalue weighted by molar-refractivity contribution is -0.153. The van der Waals surface area contributed by atoms with E-state index in [4.69, 9.17) is 5.26 Å². The Morgan fingerprint density at radius 1 is 1.36 bits per heavy atom. The highest BCUT2D eigenvalue weighted by Gasteiger charge is 2.58. The van der Waals surface area contributed by atoms with Crippen LogP contribution in [0.3, 0.4) is 0 Å². The Hall–Kier alpha value is -0.650. The molecule has 62 valence electrons. The standard InChI is InChI=1S/C8H11F2N/c1-6(2)7(5-11)3-8(9,10)4-7/h6H,3-4H2,1-2H3. The second-order valence-corrected chi connectivity index (χ2v) is 3.63. The Balaban J connectivity index is 2.67. The van der Waals surface area contributed by atoms with E-state index in [0.29, 0.717) is 0 Å². The molecule has 0 aliphatic heterocycles. The van der Waals surface area contributed by atoms with Crippen molar-refractivity contribution in [3.8, 4) is 6.07 Å². The second kappa shape index (κ2) is 2.17. The fourth-order valence-corrected chi connectivity index (χ4v) is 1.49. The largest absolute Gasteiger partial charge is 0.251 e. The second-order valence-electron chi connectivity index (χ2n) is 3.63. The molecule has 1 rings (SSSR count). The average molecular weight is 159 g/mol. The molecular formula is C8H11F2N. The Morgan fingerprint density at radius 2 is 1.82 bits per heavy atom. The lowest BCUT2D eigenvalue weighted by Gasteiger charge is -2.44. The lowest BCUT2D eigenvalue weighted by atomic mass is 9.61. The quantitative estimate of drug-likeness (QED) is 0.576. The van der Waals surface area contributed by atoms with Gasteiger partial charge in [0.05, 0.1) is 11.5 Å². The molecule has 0 bridgehead atoms. The van der Waals surface area contributed by atoms with Crippen molar-refractivity contribution in [3.05, 3.63) is 0 Å². The van der Waals surface area contributed by atoms with Gasteiger partial charge in [-0.05, 0) is 5.92 Å². The van der Waals surface area contributed by atoms with Crippen LogP contribution in [0.15, 0.2) is 0 Å². The summed E-state index contributed by atoms with van der Waals surface area (Å²) in [5.74, 6) is -2.55. The molecule has 11 heavy (non-hydrogen) atoms. The maximum absolute atomic E-state index is 12.4. The van der Waals surface area contributed by atoms with E-state index >= 15 is 0 Å². The van der Waals surface area contributed by atoms with Gasteiger partial charge in [-0.1, -0.05) is 13.8 Å². The smallest absolute Gasteiger partial charge is 0.207 e. The number of rotatable bonds is 1. The summed E-state index contributed by atoms with van der Waals surface area (Å²) < 4.78 is 24.9. The zero-order valence-electron chi connectivity index (χ0n) is 6.69. The third-order valence-corrected chi connectivity index (χ3v) is 2.48. The molecule has 0 atom stereocenters. The molecule has 0 unspecified atom stereocenters. The zero-order valence-corrected chi connectivity index (χ0v) is 6.69. The first-order valence-electron chi connectivity index (χ1n) is 3.71. The molecule has 0 spiro atoms. The summed E-state index contributed by atoms with van der Waals surface area (Å²) in [6, 6.07) is 1.99. The lowest BCUT2D eigenvalue weighted by Crippen LogP contribution is -2.48. The summed E-state index contributed by atoms with van der Waals surface area (Å²) >= 11 is 0. The number of hydrogen-bond donors (Lipinski definition) is 0. The third kappa shape index (κ3) is 1.22. The number of hydrogen-bond acceptors (Lipinski definition) is 1. The van der Waals surface area contributed by atoms with Crippen molar-refractivity contribution in [3.63, 3.8) is 0 Å². The van der Waals surface area contributed by atoms with Gasteiger partial charge in [0.1, 0.15) is 0 Å². The Kier molecular flexibility index (Phi) is 1.66. The van der Waals surface area contributed by atoms with E-state index in [9.17, 15) is 8.78 Å². The van der Waals surface area contributed by atoms with Crippen LogP contribution in [0.1, 0.15) is 26.7 Å². The van der Waals surface area contributed by atoms with E-state index in [0.717, 1.165) is 0 Å². The first kappa shape index (κ1) is 8.45. The molecule has 0 saturated heterocycles. The van der Waals surface area contributed by atoms with Crippen LogP contribution in [0.2, 0.25) is 0 Å². The van der Waals surface area contributed by atoms with Crippen molar-refractivity contribution in [2.24, 2.45) is 11.3 Å². The number of nitrogens with zero attached hydrogens (tertiary/aromatic N) is 1. The Labute approximate surface area is 65.0 Å². The van der Waals surface area contributed by atoms with Crippen LogP contribution < -0.4 is 0 Å². The van der Waals surface area contributed by atoms with Gasteiger partial charge < -0.3 is 0 Å². The van der Waals surface area contributed by atoms with Gasteiger partial charge >= 0.3 is 0 Å². The predicted octanol–water partition coefficient (Wildman–Crippen LogP) is 2.58. The van der Waals surface area contributed by atoms with Gasteiger partial charge in [0.15, 0.2) is 0 Å². The van der Waals surface area contributed by atoms with E-state index in [1.165, 1.54) is 0 Å². The zero-order chi connectivity index (χ0) is 8.70. The summed E-state index contributed by atoms with van der Waals surface area (Å²) in [6.45, 7) is 3.64. The van der Waals surface area contributed by atoms with Gasteiger partial charge in [-0.15, -0.1) is 0 Å². The van der Waals surface area contributed by atoms with Gasteiger partial charge in [0.25, 0.3) is 5.92 Å². The van der Waals surface area contributed by atoms with Crippen molar-refractivity contribution in [1.29, 1.82) is 5.26 Å². The van der Waals surface area contributed by atoms with Crippen molar-refractivity contribution in [2.45, 2.75) is 32.6 Å². The van der Waals surface area contributed by atoms with Crippen LogP contribution in [0, 0.1) is 22.7 Å². The maximum Gasteiger partial charge on any atom is 0.251 e. The summed E-state index contributed by atoms with van der Waals surface area (Å²) in [7, 11) is 0. The van der Waals surface area contributed by atoms with E-state index in [-0.39, 0.29) is 18.8 Å². The van der Waals surface area contributed by atoms with Crippen LogP contribution in [-0.4, -0.2) is 5.92 Å². The summed E-state index contributed by atoms with van der Waals surface area (Å²) in [6.07, 6.45) is -0.512. The number of alkyl halides is 2. The molecule has 1 saturated carbocycles. The van der Waals surface area contributed by atoms with E-state index in [1.807, 2.05) is 19.9 Å². The van der Waals surface area contributed by atoms with Crippen LogP contribution in [0.5, 0.6) is 0 Å². The van der Waals surface area contributed by atoms with Crippen molar-refractivity contribution in [2.75, 3.05) is 0 Å². The van der Waals surface area contributed by atoms with Crippen LogP contribution in [0.4, 0.5) is 8.78 Å². The van der Waals surface area contributed by atoms with E-state index in [2.05, 4.69) is 0 Å². The Bertz CT molecular complexity index is 195. The minimum atomic E-state index is -2.58. The monoisotopic (exact) mass is 159 g/mol. The summed E-state index contributed by atoms with van der Waals surface area (Å²) in [5, 5.41) is 8.66. The minimum absolute atomic E-state index is 0.0344. The number of halogens is 2. The van der Waals surface area contributed by atoms with Gasteiger partial charge in [-0.25, -0.2) is 8.78 Å². The maximum atomic E-state index is 12.4. The molecule has 0 N–H and O–H groups in total. The highest BCUT2D eigenvalue weighted by atomic mass is 19.3. The SMILES string of the molecule is CC(C)C1(C#N)CC(F)(F)C1. The fraction of sp³-hybridized carbons (Fsp3) is 0.875. The molecule has 0 aromatic heterocycles. The van der Waals surface area contributed by atoms with Crippen LogP contribution in [0.25, 0.3) is 0 Å². The van der Waals surface area contributed by atoms with Gasteiger partial charge in [0.2, 0.25) is 0 Å². The van der Waals surface area contributed by atoms with Crippen LogP contribution in [-0.2, 0) is 0 Å². The predicted molar refractivity (Wildman–Crippen MR) is 37.1 cm³/mol. The first-order valence-corrected chi connectivity index (χ1v) is 3.71. The highest BCUT2D eigenvalue weighted by molar-refractivity contribution is 5.12. The van der Waals surface area contributed by atoms with Crippen molar-refractivity contribution >= 4 is 0 Å². The minimum Gasteiger partial charge on any atom is -0.207 e. The highest BCUT2D eigenvalue weighted by Crippen LogP contribution is 2.55. The molecule has 0 amide bonds. The van der Waals surface area contributed by atoms with E-state index < -0.39 is 11.3 Å². The van der Waals surface area contributed by atoms with Crippen molar-refractivity contribution in [1.82, 2.24) is 0 Å². The van der Waals surface area contributed by atoms with Crippen molar-refractivity contribution < 1.29 is 8.78 Å². The molecule has 1 fully saturated rings. The fourth-order valence-electron chi connectivity index (χ4n) is 1.49. The van der Waals surface area contributed by atoms with Gasteiger partial charge in [-0.3, -0.25) is 0 Å². The third-order valence-electron chi connectivity index (χ3n) is 2.48. The molecule has 0 radical (unpaired) electrons. The summed E-state index contributed by atoms with van der Waals surface area (Å²) in [4.78, 5) is 0. The topological polar surface area (TPSA) is 23.8 Å².